The van der Waals surface area contributed by atoms with E-state index in [1.54, 1.807) is 6.07 Å². The monoisotopic (exact) mass is 205 g/mol. The normalized spacial score (nSPS) is 9.21. The van der Waals surface area contributed by atoms with Crippen LogP contribution in [0.1, 0.15) is 11.7 Å². The molecule has 0 atom stereocenters. The minimum atomic E-state index is -1.86. The van der Waals surface area contributed by atoms with Crippen LogP contribution in [0.2, 0.25) is 0 Å². The van der Waals surface area contributed by atoms with Crippen molar-refractivity contribution in [3.63, 3.8) is 0 Å². The Morgan fingerprint density at radius 2 is 1.43 bits per heavy atom. The van der Waals surface area contributed by atoms with E-state index in [-0.39, 0.29) is 35.1 Å². The molecule has 0 aliphatic carbocycles. The molecule has 0 spiro atoms. The van der Waals surface area contributed by atoms with E-state index in [1.807, 2.05) is 0 Å². The van der Waals surface area contributed by atoms with Crippen molar-refractivity contribution in [2.75, 3.05) is 0 Å². The molecule has 0 heterocycles. The maximum Gasteiger partial charge on any atom is 0.476 e. The Balaban J connectivity index is 0.00000169. The van der Waals surface area contributed by atoms with E-state index in [9.17, 15) is 20.2 Å². The summed E-state index contributed by atoms with van der Waals surface area (Å²) in [5, 5.41) is 20.6. The molecule has 0 unspecified atom stereocenters. The maximum absolute atomic E-state index is 10.3. The summed E-state index contributed by atoms with van der Waals surface area (Å²) < 4.78 is 0. The number of rotatable bonds is 3. The van der Waals surface area contributed by atoms with Gasteiger partial charge in [-0.15, -0.1) is 0 Å². The summed E-state index contributed by atoms with van der Waals surface area (Å²) in [6.07, 6.45) is -1.86. The third-order valence-electron chi connectivity index (χ3n) is 1.50. The van der Waals surface area contributed by atoms with Crippen LogP contribution < -0.4 is 0 Å². The molecule has 6 nitrogen and oxygen atoms in total. The summed E-state index contributed by atoms with van der Waals surface area (Å²) in [5.41, 5.74) is 0.0810. The number of nitrogens with zero attached hydrogens (tertiary/aromatic N) is 2. The molecule has 0 saturated heterocycles. The van der Waals surface area contributed by atoms with Crippen molar-refractivity contribution in [2.24, 2.45) is 0 Å². The standard InChI is InChI=1S/C7H6N2O4.Na/c10-8(11)7(9(12)13)6-4-2-1-3-5-6;/h1-5,7H;. The summed E-state index contributed by atoms with van der Waals surface area (Å²) in [6.45, 7) is 0. The first-order chi connectivity index (χ1) is 6.13. The smallest absolute Gasteiger partial charge is 0.258 e. The zero-order chi connectivity index (χ0) is 9.84. The Bertz CT molecular complexity index is 316. The van der Waals surface area contributed by atoms with Gasteiger partial charge in [0.05, 0.1) is 0 Å². The Hall–Kier alpha value is -0.980. The first-order valence-electron chi connectivity index (χ1n) is 3.45. The van der Waals surface area contributed by atoms with Gasteiger partial charge in [-0.05, 0) is 12.1 Å². The molecule has 0 aliphatic rings. The zero-order valence-electron chi connectivity index (χ0n) is 7.49. The van der Waals surface area contributed by atoms with Crippen molar-refractivity contribution in [3.05, 3.63) is 56.1 Å². The molecule has 0 N–H and O–H groups in total. The topological polar surface area (TPSA) is 86.3 Å². The number of hydrogen-bond donors (Lipinski definition) is 0. The SMILES string of the molecule is O=[N+]([O-])C(c1ccccc1)[N+](=O)[O-].[Na]. The fourth-order valence-corrected chi connectivity index (χ4v) is 0.946. The minimum Gasteiger partial charge on any atom is -0.258 e. The van der Waals surface area contributed by atoms with Crippen molar-refractivity contribution >= 4 is 29.6 Å². The predicted octanol–water partition coefficient (Wildman–Crippen LogP) is 0.858. The number of benzene rings is 1. The van der Waals surface area contributed by atoms with Crippen molar-refractivity contribution in [2.45, 2.75) is 6.17 Å². The Morgan fingerprint density at radius 1 is 1.00 bits per heavy atom. The van der Waals surface area contributed by atoms with Crippen LogP contribution >= 0.6 is 0 Å². The molecule has 0 aliphatic heterocycles. The van der Waals surface area contributed by atoms with E-state index >= 15 is 0 Å². The second-order valence-electron chi connectivity index (χ2n) is 2.36. The van der Waals surface area contributed by atoms with Crippen LogP contribution in [-0.4, -0.2) is 39.4 Å². The van der Waals surface area contributed by atoms with Crippen LogP contribution in [0.4, 0.5) is 0 Å². The van der Waals surface area contributed by atoms with Crippen LogP contribution in [0.3, 0.4) is 0 Å². The molecule has 1 aromatic rings. The number of nitro groups is 2. The molecule has 0 aromatic heterocycles. The summed E-state index contributed by atoms with van der Waals surface area (Å²) in [5.74, 6) is 0. The zero-order valence-corrected chi connectivity index (χ0v) is 9.49. The third-order valence-corrected chi connectivity index (χ3v) is 1.50. The second kappa shape index (κ2) is 5.69. The summed E-state index contributed by atoms with van der Waals surface area (Å²) in [7, 11) is 0. The van der Waals surface area contributed by atoms with Gasteiger partial charge in [-0.25, -0.2) is 0 Å². The fourth-order valence-electron chi connectivity index (χ4n) is 0.946. The van der Waals surface area contributed by atoms with E-state index in [0.29, 0.717) is 0 Å². The Labute approximate surface area is 102 Å². The maximum atomic E-state index is 10.3. The van der Waals surface area contributed by atoms with E-state index < -0.39 is 16.0 Å². The largest absolute Gasteiger partial charge is 0.476 e. The first-order valence-corrected chi connectivity index (χ1v) is 3.45. The van der Waals surface area contributed by atoms with Crippen LogP contribution in [0.25, 0.3) is 0 Å². The van der Waals surface area contributed by atoms with E-state index in [4.69, 9.17) is 0 Å². The molecule has 1 radical (unpaired) electrons. The van der Waals surface area contributed by atoms with E-state index in [0.717, 1.165) is 0 Å². The Morgan fingerprint density at radius 3 is 1.79 bits per heavy atom. The molecule has 1 rings (SSSR count). The third kappa shape index (κ3) is 3.06. The molecule has 0 fully saturated rings. The van der Waals surface area contributed by atoms with Crippen molar-refractivity contribution in [1.29, 1.82) is 0 Å². The van der Waals surface area contributed by atoms with E-state index in [2.05, 4.69) is 0 Å². The van der Waals surface area contributed by atoms with Gasteiger partial charge < -0.3 is 0 Å². The summed E-state index contributed by atoms with van der Waals surface area (Å²) >= 11 is 0. The van der Waals surface area contributed by atoms with Crippen LogP contribution in [0.15, 0.2) is 30.3 Å². The minimum absolute atomic E-state index is 0. The van der Waals surface area contributed by atoms with Crippen LogP contribution in [-0.2, 0) is 0 Å². The van der Waals surface area contributed by atoms with E-state index in [1.165, 1.54) is 24.3 Å². The van der Waals surface area contributed by atoms with Gasteiger partial charge in [0.1, 0.15) is 15.4 Å². The Kier molecular flexibility index (Phi) is 5.29. The average Bonchev–Trinajstić information content (AvgIpc) is 2.04. The molecule has 0 amide bonds. The average molecular weight is 205 g/mol. The molecule has 7 heteroatoms. The summed E-state index contributed by atoms with van der Waals surface area (Å²) in [6, 6.07) is 7.40. The van der Waals surface area contributed by atoms with Gasteiger partial charge in [-0.3, -0.25) is 20.2 Å². The molecule has 0 saturated carbocycles. The van der Waals surface area contributed by atoms with Gasteiger partial charge >= 0.3 is 6.17 Å². The van der Waals surface area contributed by atoms with Gasteiger partial charge in [-0.2, -0.15) is 0 Å². The quantitative estimate of drug-likeness (QED) is 0.317. The van der Waals surface area contributed by atoms with Crippen LogP contribution in [0, 0.1) is 20.2 Å². The molecule has 0 bridgehead atoms. The van der Waals surface area contributed by atoms with Crippen LogP contribution in [0.5, 0.6) is 0 Å². The first kappa shape index (κ1) is 13.0. The van der Waals surface area contributed by atoms with Crippen molar-refractivity contribution in [1.82, 2.24) is 0 Å². The van der Waals surface area contributed by atoms with Gasteiger partial charge in [0.15, 0.2) is 0 Å². The van der Waals surface area contributed by atoms with Gasteiger partial charge in [0.25, 0.3) is 0 Å². The fraction of sp³-hybridized carbons (Fsp3) is 0.143. The molecular weight excluding hydrogens is 199 g/mol. The van der Waals surface area contributed by atoms with Gasteiger partial charge in [0, 0.05) is 29.6 Å². The summed E-state index contributed by atoms with van der Waals surface area (Å²) in [4.78, 5) is 18.8. The molecule has 69 valence electrons. The van der Waals surface area contributed by atoms with Crippen molar-refractivity contribution < 1.29 is 9.85 Å². The van der Waals surface area contributed by atoms with Gasteiger partial charge in [0.2, 0.25) is 0 Å². The van der Waals surface area contributed by atoms with Crippen molar-refractivity contribution in [3.8, 4) is 0 Å². The molecular formula is C7H6N2NaO4. The molecule has 14 heavy (non-hydrogen) atoms. The second-order valence-corrected chi connectivity index (χ2v) is 2.36. The number of hydrogen-bond acceptors (Lipinski definition) is 4. The predicted molar refractivity (Wildman–Crippen MR) is 48.9 cm³/mol. The van der Waals surface area contributed by atoms with Gasteiger partial charge in [-0.1, -0.05) is 18.2 Å². The molecule has 1 aromatic carbocycles.